The molecule has 0 saturated heterocycles. The topological polar surface area (TPSA) is 53.7 Å². The highest BCUT2D eigenvalue weighted by atomic mass is 79.9. The van der Waals surface area contributed by atoms with Crippen LogP contribution in [0.2, 0.25) is 0 Å². The summed E-state index contributed by atoms with van der Waals surface area (Å²) in [5.41, 5.74) is 2.27. The maximum atomic E-state index is 5.42. The molecule has 2 N–H and O–H groups in total. The Hall–Kier alpha value is -0.780. The highest BCUT2D eigenvalue weighted by Gasteiger charge is 2.16. The van der Waals surface area contributed by atoms with Crippen LogP contribution in [0.4, 0.5) is 0 Å². The number of halogens is 1. The summed E-state index contributed by atoms with van der Waals surface area (Å²) in [5, 5.41) is 0. The molecule has 0 saturated carbocycles. The minimum atomic E-state index is 0.473. The molecule has 0 bridgehead atoms. The molecule has 0 fully saturated rings. The lowest BCUT2D eigenvalue weighted by molar-refractivity contribution is 0.141. The van der Waals surface area contributed by atoms with E-state index in [0.29, 0.717) is 6.61 Å². The van der Waals surface area contributed by atoms with Crippen LogP contribution >= 0.6 is 15.9 Å². The standard InChI is InChI=1S/C12H18BrNO3/c1-4-8-9(5-6-17-14)10(13)7-11(15-2)12(8)16-3/h7H,4-6,14H2,1-3H3. The van der Waals surface area contributed by atoms with Gasteiger partial charge in [0, 0.05) is 10.0 Å². The third kappa shape index (κ3) is 3.12. The number of hydrogen-bond donors (Lipinski definition) is 1. The summed E-state index contributed by atoms with van der Waals surface area (Å²) in [6.45, 7) is 2.55. The van der Waals surface area contributed by atoms with Crippen molar-refractivity contribution in [3.05, 3.63) is 21.7 Å². The average molecular weight is 304 g/mol. The van der Waals surface area contributed by atoms with Crippen LogP contribution in [0.3, 0.4) is 0 Å². The summed E-state index contributed by atoms with van der Waals surface area (Å²) in [5.74, 6) is 6.59. The zero-order valence-electron chi connectivity index (χ0n) is 10.4. The first-order valence-electron chi connectivity index (χ1n) is 5.43. The number of nitrogens with two attached hydrogens (primary N) is 1. The number of rotatable bonds is 6. The Balaban J connectivity index is 3.27. The summed E-state index contributed by atoms with van der Waals surface area (Å²) < 4.78 is 11.7. The van der Waals surface area contributed by atoms with Gasteiger partial charge in [-0.25, -0.2) is 5.90 Å². The minimum Gasteiger partial charge on any atom is -0.493 e. The third-order valence-corrected chi connectivity index (χ3v) is 3.36. The molecule has 4 nitrogen and oxygen atoms in total. The maximum Gasteiger partial charge on any atom is 0.164 e. The van der Waals surface area contributed by atoms with Crippen LogP contribution < -0.4 is 15.4 Å². The molecule has 0 atom stereocenters. The minimum absolute atomic E-state index is 0.473. The van der Waals surface area contributed by atoms with Crippen molar-refractivity contribution in [2.75, 3.05) is 20.8 Å². The van der Waals surface area contributed by atoms with Crippen LogP contribution in [0.15, 0.2) is 10.5 Å². The molecule has 0 radical (unpaired) electrons. The van der Waals surface area contributed by atoms with Gasteiger partial charge in [0.15, 0.2) is 11.5 Å². The molecule has 1 rings (SSSR count). The molecule has 17 heavy (non-hydrogen) atoms. The van der Waals surface area contributed by atoms with Gasteiger partial charge in [-0.1, -0.05) is 22.9 Å². The van der Waals surface area contributed by atoms with Gasteiger partial charge in [-0.2, -0.15) is 0 Å². The van der Waals surface area contributed by atoms with Crippen molar-refractivity contribution >= 4 is 15.9 Å². The van der Waals surface area contributed by atoms with E-state index in [4.69, 9.17) is 15.4 Å². The highest BCUT2D eigenvalue weighted by molar-refractivity contribution is 9.10. The lowest BCUT2D eigenvalue weighted by Gasteiger charge is -2.17. The number of benzene rings is 1. The van der Waals surface area contributed by atoms with E-state index in [1.807, 2.05) is 6.07 Å². The first-order valence-corrected chi connectivity index (χ1v) is 6.22. The van der Waals surface area contributed by atoms with E-state index in [9.17, 15) is 0 Å². The fourth-order valence-electron chi connectivity index (χ4n) is 1.88. The van der Waals surface area contributed by atoms with Crippen LogP contribution in [0, 0.1) is 0 Å². The predicted molar refractivity (Wildman–Crippen MR) is 70.5 cm³/mol. The molecular weight excluding hydrogens is 286 g/mol. The number of methoxy groups -OCH3 is 2. The van der Waals surface area contributed by atoms with E-state index in [-0.39, 0.29) is 0 Å². The number of hydrogen-bond acceptors (Lipinski definition) is 4. The third-order valence-electron chi connectivity index (χ3n) is 2.66. The van der Waals surface area contributed by atoms with Gasteiger partial charge >= 0.3 is 0 Å². The van der Waals surface area contributed by atoms with E-state index in [0.717, 1.165) is 39.9 Å². The van der Waals surface area contributed by atoms with E-state index in [1.165, 1.54) is 0 Å². The first-order chi connectivity index (χ1) is 8.19. The Kier molecular flexibility index (Phi) is 5.74. The van der Waals surface area contributed by atoms with Crippen molar-refractivity contribution in [1.29, 1.82) is 0 Å². The molecule has 5 heteroatoms. The van der Waals surface area contributed by atoms with Gasteiger partial charge < -0.3 is 14.3 Å². The predicted octanol–water partition coefficient (Wildman–Crippen LogP) is 2.46. The van der Waals surface area contributed by atoms with Gasteiger partial charge in [-0.3, -0.25) is 0 Å². The van der Waals surface area contributed by atoms with Gasteiger partial charge in [0.2, 0.25) is 0 Å². The zero-order chi connectivity index (χ0) is 12.8. The Morgan fingerprint density at radius 2 is 1.94 bits per heavy atom. The van der Waals surface area contributed by atoms with Crippen molar-refractivity contribution in [2.24, 2.45) is 5.90 Å². The quantitative estimate of drug-likeness (QED) is 0.820. The number of ether oxygens (including phenoxy) is 2. The van der Waals surface area contributed by atoms with E-state index < -0.39 is 0 Å². The maximum absolute atomic E-state index is 5.42. The Morgan fingerprint density at radius 3 is 2.41 bits per heavy atom. The van der Waals surface area contributed by atoms with Gasteiger partial charge in [-0.05, 0) is 24.5 Å². The molecule has 0 aliphatic heterocycles. The lowest BCUT2D eigenvalue weighted by Crippen LogP contribution is -2.08. The van der Waals surface area contributed by atoms with Gasteiger partial charge in [0.25, 0.3) is 0 Å². The Labute approximate surface area is 110 Å². The van der Waals surface area contributed by atoms with Gasteiger partial charge in [0.05, 0.1) is 20.8 Å². The summed E-state index contributed by atoms with van der Waals surface area (Å²) in [6.07, 6.45) is 1.60. The Morgan fingerprint density at radius 1 is 1.24 bits per heavy atom. The van der Waals surface area contributed by atoms with E-state index in [2.05, 4.69) is 27.7 Å². The van der Waals surface area contributed by atoms with E-state index in [1.54, 1.807) is 14.2 Å². The van der Waals surface area contributed by atoms with Crippen molar-refractivity contribution in [1.82, 2.24) is 0 Å². The van der Waals surface area contributed by atoms with Crippen LogP contribution in [0.25, 0.3) is 0 Å². The summed E-state index contributed by atoms with van der Waals surface area (Å²) in [6, 6.07) is 1.91. The molecule has 0 aromatic heterocycles. The second-order valence-corrected chi connectivity index (χ2v) is 4.38. The monoisotopic (exact) mass is 303 g/mol. The van der Waals surface area contributed by atoms with E-state index >= 15 is 0 Å². The molecule has 0 aliphatic carbocycles. The fourth-order valence-corrected chi connectivity index (χ4v) is 2.52. The molecule has 1 aromatic carbocycles. The fraction of sp³-hybridized carbons (Fsp3) is 0.500. The van der Waals surface area contributed by atoms with Crippen LogP contribution in [-0.2, 0) is 17.7 Å². The molecule has 96 valence electrons. The molecule has 0 amide bonds. The van der Waals surface area contributed by atoms with Crippen LogP contribution in [-0.4, -0.2) is 20.8 Å². The summed E-state index contributed by atoms with van der Waals surface area (Å²) >= 11 is 3.54. The van der Waals surface area contributed by atoms with Gasteiger partial charge in [-0.15, -0.1) is 0 Å². The van der Waals surface area contributed by atoms with Crippen molar-refractivity contribution in [2.45, 2.75) is 19.8 Å². The SMILES string of the molecule is CCc1c(CCON)c(Br)cc(OC)c1OC. The molecule has 0 spiro atoms. The van der Waals surface area contributed by atoms with Crippen LogP contribution in [0.5, 0.6) is 11.5 Å². The molecule has 0 unspecified atom stereocenters. The normalized spacial score (nSPS) is 10.4. The summed E-state index contributed by atoms with van der Waals surface area (Å²) in [4.78, 5) is 4.64. The van der Waals surface area contributed by atoms with Gasteiger partial charge in [0.1, 0.15) is 0 Å². The first kappa shape index (κ1) is 14.3. The summed E-state index contributed by atoms with van der Waals surface area (Å²) in [7, 11) is 3.28. The molecule has 0 aliphatic rings. The Bertz CT molecular complexity index is 383. The lowest BCUT2D eigenvalue weighted by atomic mass is 10.0. The largest absolute Gasteiger partial charge is 0.493 e. The smallest absolute Gasteiger partial charge is 0.164 e. The zero-order valence-corrected chi connectivity index (χ0v) is 12.0. The molecule has 1 aromatic rings. The highest BCUT2D eigenvalue weighted by Crippen LogP contribution is 2.38. The molecular formula is C12H18BrNO3. The second-order valence-electron chi connectivity index (χ2n) is 3.53. The van der Waals surface area contributed by atoms with Crippen molar-refractivity contribution in [3.63, 3.8) is 0 Å². The second kappa shape index (κ2) is 6.83. The van der Waals surface area contributed by atoms with Crippen molar-refractivity contribution < 1.29 is 14.3 Å². The molecule has 0 heterocycles. The van der Waals surface area contributed by atoms with Crippen LogP contribution in [0.1, 0.15) is 18.1 Å². The van der Waals surface area contributed by atoms with Crippen molar-refractivity contribution in [3.8, 4) is 11.5 Å². The average Bonchev–Trinajstić information content (AvgIpc) is 2.35.